The van der Waals surface area contributed by atoms with Crippen LogP contribution in [0, 0.1) is 13.8 Å². The summed E-state index contributed by atoms with van der Waals surface area (Å²) in [6.45, 7) is 3.94. The van der Waals surface area contributed by atoms with Gasteiger partial charge >= 0.3 is 0 Å². The van der Waals surface area contributed by atoms with Crippen LogP contribution >= 0.6 is 0 Å². The summed E-state index contributed by atoms with van der Waals surface area (Å²) in [7, 11) is 3.31. The minimum Gasteiger partial charge on any atom is -0.496 e. The SMILES string of the molecule is COc1ccc(-c2cc(C)[nH]n2)c(OC)c1C. The predicted molar refractivity (Wildman–Crippen MR) is 66.6 cm³/mol. The number of hydrogen-bond donors (Lipinski definition) is 1. The van der Waals surface area contributed by atoms with Crippen LogP contribution in [0.15, 0.2) is 18.2 Å². The molecule has 0 aliphatic heterocycles. The van der Waals surface area contributed by atoms with Gasteiger partial charge in [0, 0.05) is 16.8 Å². The summed E-state index contributed by atoms with van der Waals surface area (Å²) in [6.07, 6.45) is 0. The lowest BCUT2D eigenvalue weighted by Gasteiger charge is -2.12. The monoisotopic (exact) mass is 232 g/mol. The average Bonchev–Trinajstić information content (AvgIpc) is 2.75. The van der Waals surface area contributed by atoms with Crippen molar-refractivity contribution in [3.8, 4) is 22.8 Å². The first-order chi connectivity index (χ1) is 8.17. The number of aromatic nitrogens is 2. The first-order valence-corrected chi connectivity index (χ1v) is 5.41. The Hall–Kier alpha value is -1.97. The molecular weight excluding hydrogens is 216 g/mol. The van der Waals surface area contributed by atoms with E-state index in [1.807, 2.05) is 32.0 Å². The van der Waals surface area contributed by atoms with Gasteiger partial charge < -0.3 is 9.47 Å². The van der Waals surface area contributed by atoms with E-state index in [9.17, 15) is 0 Å². The topological polar surface area (TPSA) is 47.1 Å². The van der Waals surface area contributed by atoms with Gasteiger partial charge in [-0.15, -0.1) is 0 Å². The number of rotatable bonds is 3. The van der Waals surface area contributed by atoms with Gasteiger partial charge in [0.25, 0.3) is 0 Å². The summed E-state index contributed by atoms with van der Waals surface area (Å²) in [4.78, 5) is 0. The molecule has 4 nitrogen and oxygen atoms in total. The Labute approximate surface area is 101 Å². The minimum absolute atomic E-state index is 0.802. The van der Waals surface area contributed by atoms with Gasteiger partial charge in [-0.25, -0.2) is 0 Å². The van der Waals surface area contributed by atoms with Gasteiger partial charge in [0.05, 0.1) is 19.9 Å². The lowest BCUT2D eigenvalue weighted by atomic mass is 10.1. The molecule has 0 aliphatic carbocycles. The van der Waals surface area contributed by atoms with Crippen LogP contribution < -0.4 is 9.47 Å². The summed E-state index contributed by atoms with van der Waals surface area (Å²) < 4.78 is 10.7. The van der Waals surface area contributed by atoms with Crippen molar-refractivity contribution in [3.05, 3.63) is 29.5 Å². The Morgan fingerprint density at radius 1 is 1.12 bits per heavy atom. The molecule has 90 valence electrons. The van der Waals surface area contributed by atoms with E-state index in [4.69, 9.17) is 9.47 Å². The quantitative estimate of drug-likeness (QED) is 0.885. The van der Waals surface area contributed by atoms with Gasteiger partial charge in [0.2, 0.25) is 0 Å². The third-order valence-electron chi connectivity index (χ3n) is 2.76. The zero-order valence-electron chi connectivity index (χ0n) is 10.5. The first kappa shape index (κ1) is 11.5. The largest absolute Gasteiger partial charge is 0.496 e. The van der Waals surface area contributed by atoms with Crippen molar-refractivity contribution in [1.82, 2.24) is 10.2 Å². The second-order valence-corrected chi connectivity index (χ2v) is 3.91. The fraction of sp³-hybridized carbons (Fsp3) is 0.308. The van der Waals surface area contributed by atoms with E-state index in [1.54, 1.807) is 14.2 Å². The summed E-state index contributed by atoms with van der Waals surface area (Å²) in [6, 6.07) is 5.88. The van der Waals surface area contributed by atoms with E-state index in [2.05, 4.69) is 10.2 Å². The van der Waals surface area contributed by atoms with Crippen LogP contribution in [0.3, 0.4) is 0 Å². The highest BCUT2D eigenvalue weighted by molar-refractivity contribution is 5.71. The Kier molecular flexibility index (Phi) is 3.04. The maximum atomic E-state index is 5.45. The molecule has 0 unspecified atom stereocenters. The average molecular weight is 232 g/mol. The number of nitrogens with zero attached hydrogens (tertiary/aromatic N) is 1. The van der Waals surface area contributed by atoms with Crippen LogP contribution in [0.1, 0.15) is 11.3 Å². The summed E-state index contributed by atoms with van der Waals surface area (Å²) in [5, 5.41) is 7.18. The Balaban J connectivity index is 2.58. The third-order valence-corrected chi connectivity index (χ3v) is 2.76. The highest BCUT2D eigenvalue weighted by Gasteiger charge is 2.14. The number of H-pyrrole nitrogens is 1. The fourth-order valence-electron chi connectivity index (χ4n) is 1.92. The van der Waals surface area contributed by atoms with Crippen molar-refractivity contribution in [2.45, 2.75) is 13.8 Å². The van der Waals surface area contributed by atoms with E-state index in [-0.39, 0.29) is 0 Å². The second kappa shape index (κ2) is 4.49. The molecule has 0 aliphatic rings. The van der Waals surface area contributed by atoms with Gasteiger partial charge in [-0.05, 0) is 32.0 Å². The molecule has 0 amide bonds. The zero-order chi connectivity index (χ0) is 12.4. The van der Waals surface area contributed by atoms with Crippen molar-refractivity contribution < 1.29 is 9.47 Å². The standard InChI is InChI=1S/C13H16N2O2/c1-8-7-11(15-14-8)10-5-6-12(16-3)9(2)13(10)17-4/h5-7H,1-4H3,(H,14,15). The van der Waals surface area contributed by atoms with Gasteiger partial charge in [-0.1, -0.05) is 0 Å². The molecule has 0 spiro atoms. The van der Waals surface area contributed by atoms with Crippen molar-refractivity contribution >= 4 is 0 Å². The van der Waals surface area contributed by atoms with E-state index >= 15 is 0 Å². The highest BCUT2D eigenvalue weighted by Crippen LogP contribution is 2.36. The van der Waals surface area contributed by atoms with Gasteiger partial charge in [0.15, 0.2) is 0 Å². The number of nitrogens with one attached hydrogen (secondary N) is 1. The minimum atomic E-state index is 0.802. The van der Waals surface area contributed by atoms with Crippen molar-refractivity contribution in [3.63, 3.8) is 0 Å². The van der Waals surface area contributed by atoms with Gasteiger partial charge in [-0.2, -0.15) is 5.10 Å². The van der Waals surface area contributed by atoms with E-state index in [0.29, 0.717) is 0 Å². The number of methoxy groups -OCH3 is 2. The molecule has 4 heteroatoms. The van der Waals surface area contributed by atoms with Crippen molar-refractivity contribution in [2.24, 2.45) is 0 Å². The fourth-order valence-corrected chi connectivity index (χ4v) is 1.92. The Morgan fingerprint density at radius 2 is 1.88 bits per heavy atom. The van der Waals surface area contributed by atoms with Crippen LogP contribution in [0.5, 0.6) is 11.5 Å². The number of ether oxygens (including phenoxy) is 2. The molecule has 1 aromatic carbocycles. The van der Waals surface area contributed by atoms with Crippen LogP contribution in [-0.2, 0) is 0 Å². The summed E-state index contributed by atoms with van der Waals surface area (Å²) >= 11 is 0. The Bertz CT molecular complexity index is 532. The zero-order valence-corrected chi connectivity index (χ0v) is 10.5. The second-order valence-electron chi connectivity index (χ2n) is 3.91. The van der Waals surface area contributed by atoms with Crippen LogP contribution in [0.2, 0.25) is 0 Å². The molecule has 0 saturated heterocycles. The van der Waals surface area contributed by atoms with Crippen molar-refractivity contribution in [1.29, 1.82) is 0 Å². The van der Waals surface area contributed by atoms with Crippen molar-refractivity contribution in [2.75, 3.05) is 14.2 Å². The number of aryl methyl sites for hydroxylation is 1. The smallest absolute Gasteiger partial charge is 0.134 e. The normalized spacial score (nSPS) is 10.4. The molecule has 1 aromatic heterocycles. The molecule has 17 heavy (non-hydrogen) atoms. The molecular formula is C13H16N2O2. The van der Waals surface area contributed by atoms with E-state index in [1.165, 1.54) is 0 Å². The van der Waals surface area contributed by atoms with Crippen LogP contribution in [0.4, 0.5) is 0 Å². The number of hydrogen-bond acceptors (Lipinski definition) is 3. The molecule has 0 saturated carbocycles. The molecule has 0 atom stereocenters. The molecule has 1 N–H and O–H groups in total. The van der Waals surface area contributed by atoms with E-state index in [0.717, 1.165) is 34.0 Å². The Morgan fingerprint density at radius 3 is 2.41 bits per heavy atom. The van der Waals surface area contributed by atoms with Crippen LogP contribution in [0.25, 0.3) is 11.3 Å². The highest BCUT2D eigenvalue weighted by atomic mass is 16.5. The van der Waals surface area contributed by atoms with Crippen LogP contribution in [-0.4, -0.2) is 24.4 Å². The van der Waals surface area contributed by atoms with E-state index < -0.39 is 0 Å². The molecule has 0 bridgehead atoms. The number of aromatic amines is 1. The maximum Gasteiger partial charge on any atom is 0.134 e. The molecule has 0 radical (unpaired) electrons. The summed E-state index contributed by atoms with van der Waals surface area (Å²) in [5.41, 5.74) is 3.85. The molecule has 0 fully saturated rings. The molecule has 2 aromatic rings. The molecule has 2 rings (SSSR count). The lowest BCUT2D eigenvalue weighted by molar-refractivity contribution is 0.390. The maximum absolute atomic E-state index is 5.45. The van der Waals surface area contributed by atoms with Gasteiger partial charge in [-0.3, -0.25) is 5.10 Å². The number of benzene rings is 1. The third kappa shape index (κ3) is 1.98. The molecule has 1 heterocycles. The first-order valence-electron chi connectivity index (χ1n) is 5.41. The lowest BCUT2D eigenvalue weighted by Crippen LogP contribution is -1.95. The van der Waals surface area contributed by atoms with Gasteiger partial charge in [0.1, 0.15) is 11.5 Å². The predicted octanol–water partition coefficient (Wildman–Crippen LogP) is 2.71. The summed E-state index contributed by atoms with van der Waals surface area (Å²) in [5.74, 6) is 1.62.